The lowest BCUT2D eigenvalue weighted by Crippen LogP contribution is -2.17. The van der Waals surface area contributed by atoms with E-state index in [0.717, 1.165) is 0 Å². The first-order chi connectivity index (χ1) is 8.40. The van der Waals surface area contributed by atoms with E-state index >= 15 is 0 Å². The van der Waals surface area contributed by atoms with Crippen molar-refractivity contribution in [3.8, 4) is 0 Å². The van der Waals surface area contributed by atoms with Gasteiger partial charge in [-0.1, -0.05) is 11.6 Å². The van der Waals surface area contributed by atoms with Gasteiger partial charge in [0.25, 0.3) is 10.0 Å². The molecule has 0 amide bonds. The molecular formula is C10H11ClN4O2S. The molecular weight excluding hydrogens is 276 g/mol. The number of hydrogen-bond donors (Lipinski definition) is 2. The minimum absolute atomic E-state index is 0.0526. The maximum atomic E-state index is 12.1. The minimum Gasteiger partial charge on any atom is -0.397 e. The smallest absolute Gasteiger partial charge is 0.279 e. The topological polar surface area (TPSA) is 90.0 Å². The van der Waals surface area contributed by atoms with Crippen molar-refractivity contribution in [2.45, 2.75) is 5.03 Å². The lowest BCUT2D eigenvalue weighted by molar-refractivity contribution is 0.582. The van der Waals surface area contributed by atoms with E-state index in [1.807, 2.05) is 0 Å². The molecule has 0 aliphatic heterocycles. The second kappa shape index (κ2) is 4.51. The van der Waals surface area contributed by atoms with Crippen LogP contribution in [-0.4, -0.2) is 18.2 Å². The SMILES string of the molecule is Cn1nccc1S(=O)(=O)Nc1ccc(Cl)cc1N. The Labute approximate surface area is 109 Å². The van der Waals surface area contributed by atoms with E-state index in [0.29, 0.717) is 5.02 Å². The van der Waals surface area contributed by atoms with Gasteiger partial charge in [0.15, 0.2) is 5.03 Å². The van der Waals surface area contributed by atoms with Gasteiger partial charge in [-0.15, -0.1) is 0 Å². The highest BCUT2D eigenvalue weighted by atomic mass is 35.5. The van der Waals surface area contributed by atoms with Gasteiger partial charge in [0, 0.05) is 12.1 Å². The van der Waals surface area contributed by atoms with Crippen molar-refractivity contribution in [2.24, 2.45) is 7.05 Å². The highest BCUT2D eigenvalue weighted by molar-refractivity contribution is 7.92. The standard InChI is InChI=1S/C10H11ClN4O2S/c1-15-10(4-5-13-15)18(16,17)14-9-3-2-7(11)6-8(9)12/h2-6,14H,12H2,1H3. The van der Waals surface area contributed by atoms with E-state index in [4.69, 9.17) is 17.3 Å². The number of halogens is 1. The molecule has 0 atom stereocenters. The van der Waals surface area contributed by atoms with Crippen LogP contribution in [0.5, 0.6) is 0 Å². The Kier molecular flexibility index (Phi) is 3.18. The minimum atomic E-state index is -3.71. The van der Waals surface area contributed by atoms with Crippen molar-refractivity contribution in [2.75, 3.05) is 10.5 Å². The molecule has 2 aromatic rings. The molecule has 0 spiro atoms. The third-order valence-electron chi connectivity index (χ3n) is 2.31. The van der Waals surface area contributed by atoms with Crippen molar-refractivity contribution in [3.63, 3.8) is 0 Å². The largest absolute Gasteiger partial charge is 0.397 e. The average molecular weight is 287 g/mol. The van der Waals surface area contributed by atoms with Crippen LogP contribution in [0.4, 0.5) is 11.4 Å². The number of benzene rings is 1. The Hall–Kier alpha value is -1.73. The highest BCUT2D eigenvalue weighted by Gasteiger charge is 2.18. The molecule has 1 aromatic carbocycles. The lowest BCUT2D eigenvalue weighted by atomic mass is 10.3. The van der Waals surface area contributed by atoms with Gasteiger partial charge in [0.05, 0.1) is 17.6 Å². The van der Waals surface area contributed by atoms with Crippen LogP contribution < -0.4 is 10.5 Å². The van der Waals surface area contributed by atoms with Gasteiger partial charge in [-0.2, -0.15) is 13.5 Å². The van der Waals surface area contributed by atoms with Gasteiger partial charge in [-0.3, -0.25) is 9.40 Å². The van der Waals surface area contributed by atoms with Crippen LogP contribution in [0.2, 0.25) is 5.02 Å². The summed E-state index contributed by atoms with van der Waals surface area (Å²) in [4.78, 5) is 0. The van der Waals surface area contributed by atoms with E-state index < -0.39 is 10.0 Å². The molecule has 2 rings (SSSR count). The quantitative estimate of drug-likeness (QED) is 0.836. The molecule has 0 radical (unpaired) electrons. The Morgan fingerprint density at radius 2 is 2.11 bits per heavy atom. The number of sulfonamides is 1. The van der Waals surface area contributed by atoms with Gasteiger partial charge in [-0.05, 0) is 24.3 Å². The number of rotatable bonds is 3. The molecule has 0 saturated carbocycles. The molecule has 3 N–H and O–H groups in total. The van der Waals surface area contributed by atoms with Crippen LogP contribution in [0.25, 0.3) is 0 Å². The molecule has 0 unspecified atom stereocenters. The number of aryl methyl sites for hydroxylation is 1. The number of anilines is 2. The van der Waals surface area contributed by atoms with Crippen LogP contribution in [0.1, 0.15) is 0 Å². The first-order valence-electron chi connectivity index (χ1n) is 4.96. The Morgan fingerprint density at radius 1 is 1.39 bits per heavy atom. The zero-order valence-corrected chi connectivity index (χ0v) is 11.0. The molecule has 0 aliphatic rings. The Morgan fingerprint density at radius 3 is 2.67 bits per heavy atom. The summed E-state index contributed by atoms with van der Waals surface area (Å²) in [6.45, 7) is 0. The van der Waals surface area contributed by atoms with Crippen molar-refractivity contribution in [1.82, 2.24) is 9.78 Å². The predicted molar refractivity (Wildman–Crippen MR) is 69.9 cm³/mol. The molecule has 96 valence electrons. The molecule has 18 heavy (non-hydrogen) atoms. The normalized spacial score (nSPS) is 11.4. The number of nitrogens with one attached hydrogen (secondary N) is 1. The van der Waals surface area contributed by atoms with Crippen molar-refractivity contribution < 1.29 is 8.42 Å². The van der Waals surface area contributed by atoms with E-state index in [2.05, 4.69) is 9.82 Å². The van der Waals surface area contributed by atoms with E-state index in [1.165, 1.54) is 29.1 Å². The monoisotopic (exact) mass is 286 g/mol. The third-order valence-corrected chi connectivity index (χ3v) is 3.98. The average Bonchev–Trinajstić information content (AvgIpc) is 2.69. The van der Waals surface area contributed by atoms with Crippen LogP contribution in [0.3, 0.4) is 0 Å². The second-order valence-corrected chi connectivity index (χ2v) is 5.70. The molecule has 6 nitrogen and oxygen atoms in total. The summed E-state index contributed by atoms with van der Waals surface area (Å²) in [7, 11) is -2.17. The number of nitrogen functional groups attached to an aromatic ring is 1. The van der Waals surface area contributed by atoms with E-state index in [9.17, 15) is 8.42 Å². The maximum Gasteiger partial charge on any atom is 0.279 e. The van der Waals surface area contributed by atoms with Crippen molar-refractivity contribution in [3.05, 3.63) is 35.5 Å². The Balaban J connectivity index is 2.37. The second-order valence-electron chi connectivity index (χ2n) is 3.63. The molecule has 0 bridgehead atoms. The van der Waals surface area contributed by atoms with Crippen LogP contribution in [-0.2, 0) is 17.1 Å². The lowest BCUT2D eigenvalue weighted by Gasteiger charge is -2.10. The Bertz CT molecular complexity index is 681. The first-order valence-corrected chi connectivity index (χ1v) is 6.82. The fourth-order valence-corrected chi connectivity index (χ4v) is 2.84. The fourth-order valence-electron chi connectivity index (χ4n) is 1.45. The highest BCUT2D eigenvalue weighted by Crippen LogP contribution is 2.25. The van der Waals surface area contributed by atoms with Gasteiger partial charge in [0.1, 0.15) is 0 Å². The van der Waals surface area contributed by atoms with Crippen molar-refractivity contribution in [1.29, 1.82) is 0 Å². The number of nitrogens with two attached hydrogens (primary N) is 1. The molecule has 1 heterocycles. The van der Waals surface area contributed by atoms with Crippen molar-refractivity contribution >= 4 is 33.0 Å². The van der Waals surface area contributed by atoms with Gasteiger partial charge < -0.3 is 5.73 Å². The summed E-state index contributed by atoms with van der Waals surface area (Å²) in [6, 6.07) is 5.93. The van der Waals surface area contributed by atoms with Gasteiger partial charge >= 0.3 is 0 Å². The summed E-state index contributed by atoms with van der Waals surface area (Å²) in [5.74, 6) is 0. The van der Waals surface area contributed by atoms with E-state index in [-0.39, 0.29) is 16.4 Å². The van der Waals surface area contributed by atoms with Gasteiger partial charge in [0.2, 0.25) is 0 Å². The maximum absolute atomic E-state index is 12.1. The molecule has 0 aliphatic carbocycles. The molecule has 1 aromatic heterocycles. The van der Waals surface area contributed by atoms with Crippen LogP contribution in [0, 0.1) is 0 Å². The zero-order valence-electron chi connectivity index (χ0n) is 9.46. The molecule has 0 fully saturated rings. The predicted octanol–water partition coefficient (Wildman–Crippen LogP) is 1.46. The fraction of sp³-hybridized carbons (Fsp3) is 0.100. The summed E-state index contributed by atoms with van der Waals surface area (Å²) >= 11 is 5.74. The number of nitrogens with zero attached hydrogens (tertiary/aromatic N) is 2. The number of aromatic nitrogens is 2. The zero-order chi connectivity index (χ0) is 13.3. The summed E-state index contributed by atoms with van der Waals surface area (Å²) < 4.78 is 27.8. The van der Waals surface area contributed by atoms with E-state index in [1.54, 1.807) is 13.1 Å². The van der Waals surface area contributed by atoms with Crippen LogP contribution >= 0.6 is 11.6 Å². The summed E-state index contributed by atoms with van der Waals surface area (Å²) in [6.07, 6.45) is 1.40. The summed E-state index contributed by atoms with van der Waals surface area (Å²) in [5, 5.41) is 4.30. The van der Waals surface area contributed by atoms with Gasteiger partial charge in [-0.25, -0.2) is 0 Å². The van der Waals surface area contributed by atoms with Crippen LogP contribution in [0.15, 0.2) is 35.5 Å². The first kappa shape index (κ1) is 12.7. The molecule has 8 heteroatoms. The number of hydrogen-bond acceptors (Lipinski definition) is 4. The summed E-state index contributed by atoms with van der Waals surface area (Å²) in [5.41, 5.74) is 6.22. The third kappa shape index (κ3) is 2.41. The molecule has 0 saturated heterocycles.